The molecule has 18 heavy (non-hydrogen) atoms. The van der Waals surface area contributed by atoms with E-state index in [9.17, 15) is 13.2 Å². The van der Waals surface area contributed by atoms with E-state index in [0.717, 1.165) is 0 Å². The van der Waals surface area contributed by atoms with Crippen LogP contribution in [0.1, 0.15) is 6.42 Å². The second kappa shape index (κ2) is 5.06. The summed E-state index contributed by atoms with van der Waals surface area (Å²) in [6.45, 7) is 0.230. The summed E-state index contributed by atoms with van der Waals surface area (Å²) < 4.78 is 22.4. The highest BCUT2D eigenvalue weighted by molar-refractivity contribution is 9.10. The molecule has 1 amide bonds. The number of hydrogen-bond acceptors (Lipinski definition) is 6. The van der Waals surface area contributed by atoms with E-state index in [1.54, 1.807) is 0 Å². The Kier molecular flexibility index (Phi) is 3.83. The molecule has 98 valence electrons. The van der Waals surface area contributed by atoms with E-state index in [-0.39, 0.29) is 36.5 Å². The average Bonchev–Trinajstić information content (AvgIpc) is 2.58. The summed E-state index contributed by atoms with van der Waals surface area (Å²) in [4.78, 5) is 17.0. The third kappa shape index (κ3) is 3.36. The zero-order valence-electron chi connectivity index (χ0n) is 8.95. The van der Waals surface area contributed by atoms with Crippen molar-refractivity contribution in [1.82, 2.24) is 15.2 Å². The average molecular weight is 356 g/mol. The molecule has 1 atom stereocenters. The first-order valence-corrected chi connectivity index (χ1v) is 8.20. The monoisotopic (exact) mass is 354 g/mol. The molecule has 1 aliphatic rings. The van der Waals surface area contributed by atoms with Crippen molar-refractivity contribution < 1.29 is 13.2 Å². The maximum Gasteiger partial charge on any atom is 0.252 e. The van der Waals surface area contributed by atoms with E-state index < -0.39 is 9.05 Å². The van der Waals surface area contributed by atoms with Crippen LogP contribution in [0.15, 0.2) is 10.8 Å². The number of anilines is 1. The van der Waals surface area contributed by atoms with Crippen LogP contribution in [0.25, 0.3) is 0 Å². The van der Waals surface area contributed by atoms with Crippen LogP contribution in [0.2, 0.25) is 0 Å². The quantitative estimate of drug-likeness (QED) is 0.735. The summed E-state index contributed by atoms with van der Waals surface area (Å²) in [6.07, 6.45) is 1.53. The van der Waals surface area contributed by atoms with E-state index in [1.165, 1.54) is 11.1 Å². The lowest BCUT2D eigenvalue weighted by Gasteiger charge is -2.12. The molecule has 2 heterocycles. The molecule has 1 fully saturated rings. The zero-order valence-corrected chi connectivity index (χ0v) is 12.1. The van der Waals surface area contributed by atoms with Gasteiger partial charge in [0.05, 0.1) is 11.9 Å². The number of carbonyl (C=O) groups is 1. The Morgan fingerprint density at radius 3 is 2.78 bits per heavy atom. The van der Waals surface area contributed by atoms with Crippen LogP contribution < -0.4 is 4.90 Å². The molecule has 1 saturated heterocycles. The van der Waals surface area contributed by atoms with Gasteiger partial charge in [-0.15, -0.1) is 10.2 Å². The molecule has 0 spiro atoms. The van der Waals surface area contributed by atoms with Gasteiger partial charge in [0.2, 0.25) is 15.0 Å². The highest BCUT2D eigenvalue weighted by atomic mass is 79.9. The van der Waals surface area contributed by atoms with E-state index in [2.05, 4.69) is 31.1 Å². The number of amides is 1. The van der Waals surface area contributed by atoms with Gasteiger partial charge in [-0.3, -0.25) is 9.69 Å². The molecule has 1 aliphatic heterocycles. The Balaban J connectivity index is 2.12. The van der Waals surface area contributed by atoms with Gasteiger partial charge in [0.1, 0.15) is 4.60 Å². The molecule has 0 saturated carbocycles. The second-order valence-corrected chi connectivity index (χ2v) is 7.49. The van der Waals surface area contributed by atoms with Crippen molar-refractivity contribution in [2.45, 2.75) is 6.42 Å². The maximum absolute atomic E-state index is 11.7. The molecule has 0 radical (unpaired) electrons. The number of halogens is 2. The van der Waals surface area contributed by atoms with Crippen LogP contribution in [0.3, 0.4) is 0 Å². The lowest BCUT2D eigenvalue weighted by molar-refractivity contribution is -0.117. The van der Waals surface area contributed by atoms with Gasteiger partial charge in [0.15, 0.2) is 0 Å². The first kappa shape index (κ1) is 13.6. The summed E-state index contributed by atoms with van der Waals surface area (Å²) in [7, 11) is 1.55. The molecule has 0 N–H and O–H groups in total. The molecule has 10 heteroatoms. The van der Waals surface area contributed by atoms with Gasteiger partial charge in [-0.25, -0.2) is 13.4 Å². The minimum absolute atomic E-state index is 0.116. The Morgan fingerprint density at radius 1 is 1.50 bits per heavy atom. The largest absolute Gasteiger partial charge is 0.279 e. The summed E-state index contributed by atoms with van der Waals surface area (Å²) in [5, 5.41) is 7.48. The molecule has 2 rings (SSSR count). The van der Waals surface area contributed by atoms with Crippen molar-refractivity contribution in [3.63, 3.8) is 0 Å². The van der Waals surface area contributed by atoms with Crippen molar-refractivity contribution in [2.75, 3.05) is 17.2 Å². The van der Waals surface area contributed by atoms with E-state index in [1.807, 2.05) is 0 Å². The first-order valence-electron chi connectivity index (χ1n) is 4.93. The Labute approximate surface area is 116 Å². The van der Waals surface area contributed by atoms with Gasteiger partial charge >= 0.3 is 0 Å². The third-order valence-electron chi connectivity index (χ3n) is 2.40. The number of aromatic nitrogens is 3. The van der Waals surface area contributed by atoms with Gasteiger partial charge in [-0.1, -0.05) is 0 Å². The third-order valence-corrected chi connectivity index (χ3v) is 4.01. The van der Waals surface area contributed by atoms with Crippen molar-refractivity contribution in [2.24, 2.45) is 5.92 Å². The normalized spacial score (nSPS) is 20.4. The summed E-state index contributed by atoms with van der Waals surface area (Å²) >= 11 is 3.08. The first-order chi connectivity index (χ1) is 8.35. The summed E-state index contributed by atoms with van der Waals surface area (Å²) in [5.74, 6) is -0.643. The SMILES string of the molecule is O=C1CC(CS(=O)(=O)Cl)CN1c1ncc(Br)nn1. The Hall–Kier alpha value is -0.800. The fourth-order valence-corrected chi connectivity index (χ4v) is 3.25. The van der Waals surface area contributed by atoms with Crippen molar-refractivity contribution in [1.29, 1.82) is 0 Å². The highest BCUT2D eigenvalue weighted by Gasteiger charge is 2.34. The van der Waals surface area contributed by atoms with Crippen molar-refractivity contribution in [3.05, 3.63) is 10.8 Å². The number of nitrogens with zero attached hydrogens (tertiary/aromatic N) is 4. The predicted molar refractivity (Wildman–Crippen MR) is 67.6 cm³/mol. The molecule has 1 aromatic rings. The number of carbonyl (C=O) groups excluding carboxylic acids is 1. The van der Waals surface area contributed by atoms with Crippen molar-refractivity contribution in [3.8, 4) is 0 Å². The van der Waals surface area contributed by atoms with Crippen LogP contribution in [-0.2, 0) is 13.8 Å². The standard InChI is InChI=1S/C8H8BrClN4O3S/c9-6-2-11-8(13-12-6)14-3-5(1-7(14)15)4-18(10,16)17/h2,5H,1,3-4H2. The topological polar surface area (TPSA) is 93.1 Å². The molecule has 1 unspecified atom stereocenters. The molecule has 1 aromatic heterocycles. The van der Waals surface area contributed by atoms with E-state index in [4.69, 9.17) is 10.7 Å². The van der Waals surface area contributed by atoms with E-state index in [0.29, 0.717) is 4.60 Å². The van der Waals surface area contributed by atoms with Gasteiger partial charge in [0, 0.05) is 29.6 Å². The van der Waals surface area contributed by atoms with Crippen LogP contribution >= 0.6 is 26.6 Å². The molecular weight excluding hydrogens is 348 g/mol. The van der Waals surface area contributed by atoms with Crippen LogP contribution in [-0.4, -0.2) is 41.8 Å². The lowest BCUT2D eigenvalue weighted by Crippen LogP contribution is -2.27. The lowest BCUT2D eigenvalue weighted by atomic mass is 10.1. The van der Waals surface area contributed by atoms with Crippen molar-refractivity contribution >= 4 is 47.5 Å². The zero-order chi connectivity index (χ0) is 13.3. The molecule has 0 aliphatic carbocycles. The minimum Gasteiger partial charge on any atom is -0.279 e. The van der Waals surface area contributed by atoms with Gasteiger partial charge in [-0.05, 0) is 15.9 Å². The molecule has 0 aromatic carbocycles. The fourth-order valence-electron chi connectivity index (χ4n) is 1.75. The van der Waals surface area contributed by atoms with Crippen LogP contribution in [0.4, 0.5) is 5.95 Å². The maximum atomic E-state index is 11.7. The number of rotatable bonds is 3. The fraction of sp³-hybridized carbons (Fsp3) is 0.500. The van der Waals surface area contributed by atoms with Crippen LogP contribution in [0, 0.1) is 5.92 Å². The van der Waals surface area contributed by atoms with Gasteiger partial charge < -0.3 is 0 Å². The van der Waals surface area contributed by atoms with E-state index >= 15 is 0 Å². The smallest absolute Gasteiger partial charge is 0.252 e. The molecule has 7 nitrogen and oxygen atoms in total. The summed E-state index contributed by atoms with van der Waals surface area (Å²) in [6, 6.07) is 0. The van der Waals surface area contributed by atoms with Gasteiger partial charge in [-0.2, -0.15) is 0 Å². The Bertz CT molecular complexity index is 564. The minimum atomic E-state index is -3.61. The Morgan fingerprint density at radius 2 is 2.22 bits per heavy atom. The second-order valence-electron chi connectivity index (χ2n) is 3.86. The summed E-state index contributed by atoms with van der Waals surface area (Å²) in [5.41, 5.74) is 0. The van der Waals surface area contributed by atoms with Gasteiger partial charge in [0.25, 0.3) is 5.95 Å². The molecular formula is C8H8BrClN4O3S. The highest BCUT2D eigenvalue weighted by Crippen LogP contribution is 2.23. The molecule has 0 bridgehead atoms. The van der Waals surface area contributed by atoms with Crippen LogP contribution in [0.5, 0.6) is 0 Å². The number of hydrogen-bond donors (Lipinski definition) is 0. The predicted octanol–water partition coefficient (Wildman–Crippen LogP) is 0.556.